The standard InChI is InChI=1S/C15H19BrN4O2/c16-11-3-4-13(19-6-1-2-7-19)12(9-11)18-10-14(21)20-8-5-17-15(20)22/h3-4,9,18H,1-2,5-8,10H2,(H,17,22). The van der Waals surface area contributed by atoms with E-state index in [2.05, 4.69) is 37.5 Å². The van der Waals surface area contributed by atoms with E-state index in [1.54, 1.807) is 0 Å². The van der Waals surface area contributed by atoms with Gasteiger partial charge in [0.05, 0.1) is 17.9 Å². The molecule has 0 bridgehead atoms. The summed E-state index contributed by atoms with van der Waals surface area (Å²) in [7, 11) is 0. The number of benzene rings is 1. The number of nitrogens with zero attached hydrogens (tertiary/aromatic N) is 2. The van der Waals surface area contributed by atoms with Crippen LogP contribution >= 0.6 is 15.9 Å². The Morgan fingerprint density at radius 3 is 2.73 bits per heavy atom. The van der Waals surface area contributed by atoms with E-state index < -0.39 is 0 Å². The zero-order chi connectivity index (χ0) is 15.5. The van der Waals surface area contributed by atoms with E-state index in [9.17, 15) is 9.59 Å². The summed E-state index contributed by atoms with van der Waals surface area (Å²) in [6.07, 6.45) is 2.39. The lowest BCUT2D eigenvalue weighted by Gasteiger charge is -2.22. The second-order valence-electron chi connectivity index (χ2n) is 5.49. The fourth-order valence-corrected chi connectivity index (χ4v) is 3.22. The monoisotopic (exact) mass is 366 g/mol. The van der Waals surface area contributed by atoms with Gasteiger partial charge in [-0.25, -0.2) is 4.79 Å². The molecular weight excluding hydrogens is 348 g/mol. The summed E-state index contributed by atoms with van der Waals surface area (Å²) in [5, 5.41) is 5.82. The number of anilines is 2. The van der Waals surface area contributed by atoms with E-state index in [0.29, 0.717) is 13.1 Å². The molecule has 6 nitrogen and oxygen atoms in total. The number of rotatable bonds is 4. The number of carbonyl (C=O) groups is 2. The maximum atomic E-state index is 12.1. The second-order valence-corrected chi connectivity index (χ2v) is 6.40. The first kappa shape index (κ1) is 15.1. The van der Waals surface area contributed by atoms with Crippen molar-refractivity contribution in [2.24, 2.45) is 0 Å². The molecule has 7 heteroatoms. The highest BCUT2D eigenvalue weighted by molar-refractivity contribution is 9.10. The molecule has 0 atom stereocenters. The van der Waals surface area contributed by atoms with E-state index in [-0.39, 0.29) is 18.5 Å². The number of urea groups is 1. The first-order chi connectivity index (χ1) is 10.6. The van der Waals surface area contributed by atoms with Crippen LogP contribution < -0.4 is 15.5 Å². The molecule has 0 aromatic heterocycles. The molecule has 0 spiro atoms. The van der Waals surface area contributed by atoms with Crippen LogP contribution in [0.25, 0.3) is 0 Å². The highest BCUT2D eigenvalue weighted by Crippen LogP contribution is 2.31. The largest absolute Gasteiger partial charge is 0.374 e. The minimum Gasteiger partial charge on any atom is -0.374 e. The smallest absolute Gasteiger partial charge is 0.324 e. The fraction of sp³-hybridized carbons (Fsp3) is 0.467. The minimum absolute atomic E-state index is 0.116. The quantitative estimate of drug-likeness (QED) is 0.855. The molecule has 2 aliphatic heterocycles. The van der Waals surface area contributed by atoms with Crippen LogP contribution in [0, 0.1) is 0 Å². The van der Waals surface area contributed by atoms with Crippen molar-refractivity contribution in [3.63, 3.8) is 0 Å². The molecule has 3 rings (SSSR count). The Morgan fingerprint density at radius 2 is 2.05 bits per heavy atom. The van der Waals surface area contributed by atoms with Crippen LogP contribution in [-0.2, 0) is 4.79 Å². The van der Waals surface area contributed by atoms with E-state index >= 15 is 0 Å². The summed E-state index contributed by atoms with van der Waals surface area (Å²) < 4.78 is 0.962. The summed E-state index contributed by atoms with van der Waals surface area (Å²) in [6, 6.07) is 5.74. The van der Waals surface area contributed by atoms with Gasteiger partial charge in [0.15, 0.2) is 0 Å². The zero-order valence-corrected chi connectivity index (χ0v) is 13.9. The van der Waals surface area contributed by atoms with Crippen LogP contribution in [0.4, 0.5) is 16.2 Å². The molecule has 2 aliphatic rings. The normalized spacial score (nSPS) is 17.8. The molecule has 0 saturated carbocycles. The van der Waals surface area contributed by atoms with Gasteiger partial charge in [-0.05, 0) is 31.0 Å². The number of carbonyl (C=O) groups excluding carboxylic acids is 2. The number of hydrogen-bond donors (Lipinski definition) is 2. The number of hydrogen-bond acceptors (Lipinski definition) is 4. The van der Waals surface area contributed by atoms with Crippen molar-refractivity contribution in [3.05, 3.63) is 22.7 Å². The highest BCUT2D eigenvalue weighted by atomic mass is 79.9. The van der Waals surface area contributed by atoms with E-state index in [1.807, 2.05) is 12.1 Å². The number of imide groups is 1. The molecular formula is C15H19BrN4O2. The third kappa shape index (κ3) is 3.19. The molecule has 0 unspecified atom stereocenters. The van der Waals surface area contributed by atoms with Crippen LogP contribution in [-0.4, -0.2) is 49.6 Å². The van der Waals surface area contributed by atoms with E-state index in [4.69, 9.17) is 0 Å². The minimum atomic E-state index is -0.305. The summed E-state index contributed by atoms with van der Waals surface area (Å²) in [4.78, 5) is 27.2. The predicted molar refractivity (Wildman–Crippen MR) is 89.2 cm³/mol. The van der Waals surface area contributed by atoms with Crippen LogP contribution in [0.2, 0.25) is 0 Å². The van der Waals surface area contributed by atoms with Crippen molar-refractivity contribution < 1.29 is 9.59 Å². The summed E-state index contributed by atoms with van der Waals surface area (Å²) in [5.41, 5.74) is 2.03. The molecule has 2 fully saturated rings. The number of amides is 3. The molecule has 22 heavy (non-hydrogen) atoms. The lowest BCUT2D eigenvalue weighted by Crippen LogP contribution is -2.38. The number of halogens is 1. The summed E-state index contributed by atoms with van der Waals surface area (Å²) in [6.45, 7) is 3.17. The van der Waals surface area contributed by atoms with Crippen molar-refractivity contribution in [2.75, 3.05) is 42.9 Å². The van der Waals surface area contributed by atoms with Gasteiger partial charge in [0.1, 0.15) is 0 Å². The molecule has 2 N–H and O–H groups in total. The Balaban J connectivity index is 1.69. The average Bonchev–Trinajstić information content (AvgIpc) is 3.16. The van der Waals surface area contributed by atoms with Crippen molar-refractivity contribution in [2.45, 2.75) is 12.8 Å². The van der Waals surface area contributed by atoms with Crippen LogP contribution in [0.1, 0.15) is 12.8 Å². The van der Waals surface area contributed by atoms with Crippen LogP contribution in [0.5, 0.6) is 0 Å². The van der Waals surface area contributed by atoms with Gasteiger partial charge in [0, 0.05) is 30.7 Å². The highest BCUT2D eigenvalue weighted by Gasteiger charge is 2.26. The molecule has 0 aliphatic carbocycles. The lowest BCUT2D eigenvalue weighted by molar-refractivity contribution is -0.125. The van der Waals surface area contributed by atoms with Gasteiger partial charge < -0.3 is 15.5 Å². The summed E-state index contributed by atoms with van der Waals surface area (Å²) in [5.74, 6) is -0.206. The Hall–Kier alpha value is -1.76. The molecule has 3 amide bonds. The zero-order valence-electron chi connectivity index (χ0n) is 12.3. The Labute approximate surface area is 138 Å². The SMILES string of the molecule is O=C(CNc1cc(Br)ccc1N1CCCC1)N1CCNC1=O. The maximum absolute atomic E-state index is 12.1. The Morgan fingerprint density at radius 1 is 1.27 bits per heavy atom. The second kappa shape index (κ2) is 6.56. The lowest BCUT2D eigenvalue weighted by atomic mass is 10.2. The predicted octanol–water partition coefficient (Wildman–Crippen LogP) is 2.01. The van der Waals surface area contributed by atoms with Crippen molar-refractivity contribution in [1.29, 1.82) is 0 Å². The molecule has 1 aromatic carbocycles. The van der Waals surface area contributed by atoms with Crippen LogP contribution in [0.15, 0.2) is 22.7 Å². The van der Waals surface area contributed by atoms with Gasteiger partial charge in [-0.2, -0.15) is 0 Å². The van der Waals surface area contributed by atoms with Gasteiger partial charge in [0.2, 0.25) is 5.91 Å². The first-order valence-electron chi connectivity index (χ1n) is 7.52. The number of nitrogens with one attached hydrogen (secondary N) is 2. The molecule has 2 heterocycles. The van der Waals surface area contributed by atoms with Gasteiger partial charge in [0.25, 0.3) is 0 Å². The third-order valence-corrected chi connectivity index (χ3v) is 4.49. The maximum Gasteiger partial charge on any atom is 0.324 e. The van der Waals surface area contributed by atoms with Crippen molar-refractivity contribution >= 4 is 39.2 Å². The third-order valence-electron chi connectivity index (χ3n) is 3.99. The van der Waals surface area contributed by atoms with E-state index in [1.165, 1.54) is 17.7 Å². The van der Waals surface area contributed by atoms with Gasteiger partial charge in [-0.3, -0.25) is 9.69 Å². The van der Waals surface area contributed by atoms with Crippen molar-refractivity contribution in [1.82, 2.24) is 10.2 Å². The summed E-state index contributed by atoms with van der Waals surface area (Å²) >= 11 is 3.47. The first-order valence-corrected chi connectivity index (χ1v) is 8.31. The van der Waals surface area contributed by atoms with Gasteiger partial charge in [-0.1, -0.05) is 15.9 Å². The van der Waals surface area contributed by atoms with Gasteiger partial charge >= 0.3 is 6.03 Å². The fourth-order valence-electron chi connectivity index (χ4n) is 2.86. The van der Waals surface area contributed by atoms with Crippen molar-refractivity contribution in [3.8, 4) is 0 Å². The van der Waals surface area contributed by atoms with Gasteiger partial charge in [-0.15, -0.1) is 0 Å². The van der Waals surface area contributed by atoms with E-state index in [0.717, 1.165) is 28.9 Å². The topological polar surface area (TPSA) is 64.7 Å². The molecule has 1 aromatic rings. The molecule has 118 valence electrons. The Bertz CT molecular complexity index is 587. The Kier molecular flexibility index (Phi) is 4.52. The van der Waals surface area contributed by atoms with Crippen LogP contribution in [0.3, 0.4) is 0 Å². The average molecular weight is 367 g/mol. The molecule has 2 saturated heterocycles. The molecule has 0 radical (unpaired) electrons.